The number of carbonyl (C=O) groups excluding carboxylic acids is 1. The highest BCUT2D eigenvalue weighted by atomic mass is 32.2. The van der Waals surface area contributed by atoms with E-state index in [0.717, 1.165) is 18.4 Å². The van der Waals surface area contributed by atoms with E-state index in [-0.39, 0.29) is 17.8 Å². The number of amides is 1. The molecule has 0 radical (unpaired) electrons. The van der Waals surface area contributed by atoms with Crippen LogP contribution in [0.1, 0.15) is 27.0 Å². The molecular weight excluding hydrogens is 369 g/mol. The van der Waals surface area contributed by atoms with Crippen LogP contribution in [-0.4, -0.2) is 20.6 Å². The molecule has 9 heteroatoms. The van der Waals surface area contributed by atoms with Crippen molar-refractivity contribution in [3.63, 3.8) is 0 Å². The number of rotatable bonds is 5. The lowest BCUT2D eigenvalue weighted by atomic mass is 10.1. The van der Waals surface area contributed by atoms with Crippen molar-refractivity contribution in [2.45, 2.75) is 19.6 Å². The van der Waals surface area contributed by atoms with Crippen LogP contribution in [0.2, 0.25) is 0 Å². The Morgan fingerprint density at radius 3 is 2.42 bits per heavy atom. The van der Waals surface area contributed by atoms with Crippen LogP contribution in [0.4, 0.5) is 18.9 Å². The van der Waals surface area contributed by atoms with Crippen LogP contribution in [0.25, 0.3) is 0 Å². The summed E-state index contributed by atoms with van der Waals surface area (Å²) in [7, 11) is -3.50. The molecular formula is C17H17F3N2O3S. The van der Waals surface area contributed by atoms with Gasteiger partial charge in [0, 0.05) is 12.1 Å². The lowest BCUT2D eigenvalue weighted by Crippen LogP contribution is -2.23. The van der Waals surface area contributed by atoms with Gasteiger partial charge in [-0.05, 0) is 42.3 Å². The first kappa shape index (κ1) is 19.8. The molecule has 2 aromatic carbocycles. The van der Waals surface area contributed by atoms with E-state index in [1.54, 1.807) is 13.0 Å². The van der Waals surface area contributed by atoms with Crippen molar-refractivity contribution in [2.24, 2.45) is 0 Å². The van der Waals surface area contributed by atoms with Gasteiger partial charge >= 0.3 is 6.18 Å². The first-order valence-corrected chi connectivity index (χ1v) is 9.37. The van der Waals surface area contributed by atoms with Gasteiger partial charge in [-0.2, -0.15) is 13.2 Å². The third kappa shape index (κ3) is 5.48. The molecule has 2 rings (SSSR count). The van der Waals surface area contributed by atoms with Gasteiger partial charge in [0.15, 0.2) is 0 Å². The largest absolute Gasteiger partial charge is 0.416 e. The van der Waals surface area contributed by atoms with Gasteiger partial charge in [0.25, 0.3) is 5.91 Å². The van der Waals surface area contributed by atoms with E-state index >= 15 is 0 Å². The number of carbonyl (C=O) groups is 1. The predicted octanol–water partition coefficient (Wildman–Crippen LogP) is 3.32. The number of anilines is 1. The smallest absolute Gasteiger partial charge is 0.348 e. The number of alkyl halides is 3. The molecule has 140 valence electrons. The zero-order valence-corrected chi connectivity index (χ0v) is 14.8. The summed E-state index contributed by atoms with van der Waals surface area (Å²) in [4.78, 5) is 12.2. The van der Waals surface area contributed by atoms with Gasteiger partial charge in [-0.15, -0.1) is 0 Å². The zero-order valence-electron chi connectivity index (χ0n) is 14.0. The van der Waals surface area contributed by atoms with Gasteiger partial charge in [0.1, 0.15) is 0 Å². The molecule has 0 atom stereocenters. The Morgan fingerprint density at radius 2 is 1.81 bits per heavy atom. The molecule has 0 aliphatic carbocycles. The summed E-state index contributed by atoms with van der Waals surface area (Å²) < 4.78 is 63.1. The van der Waals surface area contributed by atoms with Gasteiger partial charge in [0.05, 0.1) is 17.5 Å². The summed E-state index contributed by atoms with van der Waals surface area (Å²) in [6, 6.07) is 9.11. The van der Waals surface area contributed by atoms with Crippen LogP contribution >= 0.6 is 0 Å². The molecule has 0 spiro atoms. The Balaban J connectivity index is 2.12. The van der Waals surface area contributed by atoms with Gasteiger partial charge in [-0.1, -0.05) is 18.2 Å². The van der Waals surface area contributed by atoms with E-state index < -0.39 is 27.7 Å². The van der Waals surface area contributed by atoms with Crippen LogP contribution in [0.3, 0.4) is 0 Å². The number of hydrogen-bond donors (Lipinski definition) is 2. The molecule has 2 aromatic rings. The van der Waals surface area contributed by atoms with E-state index in [2.05, 4.69) is 10.0 Å². The Hall–Kier alpha value is -2.55. The topological polar surface area (TPSA) is 75.3 Å². The van der Waals surface area contributed by atoms with E-state index in [1.807, 2.05) is 0 Å². The van der Waals surface area contributed by atoms with Crippen LogP contribution in [0.15, 0.2) is 42.5 Å². The fraction of sp³-hybridized carbons (Fsp3) is 0.235. The minimum Gasteiger partial charge on any atom is -0.348 e. The van der Waals surface area contributed by atoms with Crippen LogP contribution in [0, 0.1) is 6.92 Å². The third-order valence-electron chi connectivity index (χ3n) is 3.50. The summed E-state index contributed by atoms with van der Waals surface area (Å²) in [5, 5.41) is 2.52. The number of halogens is 3. The van der Waals surface area contributed by atoms with Gasteiger partial charge in [-0.3, -0.25) is 9.52 Å². The van der Waals surface area contributed by atoms with E-state index in [0.29, 0.717) is 11.1 Å². The average molecular weight is 386 g/mol. The minimum atomic E-state index is -4.46. The highest BCUT2D eigenvalue weighted by Crippen LogP contribution is 2.29. The average Bonchev–Trinajstić information content (AvgIpc) is 2.53. The first-order chi connectivity index (χ1) is 12.0. The van der Waals surface area contributed by atoms with Gasteiger partial charge < -0.3 is 5.32 Å². The van der Waals surface area contributed by atoms with Crippen LogP contribution < -0.4 is 10.0 Å². The Labute approximate surface area is 149 Å². The minimum absolute atomic E-state index is 0.0918. The standard InChI is InChI=1S/C17H17F3N2O3S/c1-11-6-7-13(9-15(11)22-26(2,24)25)16(23)21-10-12-4-3-5-14(8-12)17(18,19)20/h3-9,22H,10H2,1-2H3,(H,21,23). The highest BCUT2D eigenvalue weighted by Gasteiger charge is 2.30. The van der Waals surface area contributed by atoms with E-state index in [1.165, 1.54) is 24.3 Å². The number of sulfonamides is 1. The van der Waals surface area contributed by atoms with Crippen molar-refractivity contribution in [1.82, 2.24) is 5.32 Å². The lowest BCUT2D eigenvalue weighted by molar-refractivity contribution is -0.137. The Kier molecular flexibility index (Phi) is 5.60. The summed E-state index contributed by atoms with van der Waals surface area (Å²) in [5.74, 6) is -0.529. The third-order valence-corrected chi connectivity index (χ3v) is 4.09. The fourth-order valence-corrected chi connectivity index (χ4v) is 2.83. The van der Waals surface area contributed by atoms with Crippen molar-refractivity contribution in [3.05, 3.63) is 64.7 Å². The molecule has 0 saturated carbocycles. The van der Waals surface area contributed by atoms with Gasteiger partial charge in [-0.25, -0.2) is 8.42 Å². The molecule has 5 nitrogen and oxygen atoms in total. The molecule has 26 heavy (non-hydrogen) atoms. The summed E-state index contributed by atoms with van der Waals surface area (Å²) in [6.45, 7) is 1.59. The molecule has 0 saturated heterocycles. The quantitative estimate of drug-likeness (QED) is 0.828. The SMILES string of the molecule is Cc1ccc(C(=O)NCc2cccc(C(F)(F)F)c2)cc1NS(C)(=O)=O. The Bertz CT molecular complexity index is 925. The van der Waals surface area contributed by atoms with E-state index in [4.69, 9.17) is 0 Å². The highest BCUT2D eigenvalue weighted by molar-refractivity contribution is 7.92. The second kappa shape index (κ2) is 7.36. The molecule has 2 N–H and O–H groups in total. The number of benzene rings is 2. The predicted molar refractivity (Wildman–Crippen MR) is 92.3 cm³/mol. The fourth-order valence-electron chi connectivity index (χ4n) is 2.21. The number of nitrogens with one attached hydrogen (secondary N) is 2. The normalized spacial score (nSPS) is 11.9. The monoisotopic (exact) mass is 386 g/mol. The van der Waals surface area contributed by atoms with Crippen molar-refractivity contribution in [1.29, 1.82) is 0 Å². The van der Waals surface area contributed by atoms with Crippen LogP contribution in [-0.2, 0) is 22.7 Å². The zero-order chi connectivity index (χ0) is 19.5. The summed E-state index contributed by atoms with van der Waals surface area (Å²) >= 11 is 0. The molecule has 0 fully saturated rings. The van der Waals surface area contributed by atoms with E-state index in [9.17, 15) is 26.4 Å². The molecule has 0 unspecified atom stereocenters. The van der Waals surface area contributed by atoms with Crippen molar-refractivity contribution < 1.29 is 26.4 Å². The molecule has 1 amide bonds. The first-order valence-electron chi connectivity index (χ1n) is 7.48. The molecule has 0 aliphatic heterocycles. The van der Waals surface area contributed by atoms with Crippen LogP contribution in [0.5, 0.6) is 0 Å². The van der Waals surface area contributed by atoms with Crippen molar-refractivity contribution >= 4 is 21.6 Å². The second-order valence-corrected chi connectivity index (χ2v) is 7.53. The molecule has 0 aliphatic rings. The maximum Gasteiger partial charge on any atom is 0.416 e. The molecule has 0 bridgehead atoms. The maximum atomic E-state index is 12.7. The summed E-state index contributed by atoms with van der Waals surface area (Å²) in [5.41, 5.74) is 0.590. The maximum absolute atomic E-state index is 12.7. The second-order valence-electron chi connectivity index (χ2n) is 5.78. The molecule has 0 heterocycles. The van der Waals surface area contributed by atoms with Gasteiger partial charge in [0.2, 0.25) is 10.0 Å². The number of aryl methyl sites for hydroxylation is 1. The summed E-state index contributed by atoms with van der Waals surface area (Å²) in [6.07, 6.45) is -3.46. The van der Waals surface area contributed by atoms with Crippen molar-refractivity contribution in [2.75, 3.05) is 11.0 Å². The number of hydrogen-bond acceptors (Lipinski definition) is 3. The van der Waals surface area contributed by atoms with Crippen molar-refractivity contribution in [3.8, 4) is 0 Å². The lowest BCUT2D eigenvalue weighted by Gasteiger charge is -2.12. The molecule has 0 aromatic heterocycles. The Morgan fingerprint density at radius 1 is 1.12 bits per heavy atom.